The van der Waals surface area contributed by atoms with Gasteiger partial charge >= 0.3 is 0 Å². The summed E-state index contributed by atoms with van der Waals surface area (Å²) >= 11 is 1.58. The highest BCUT2D eigenvalue weighted by atomic mass is 32.1. The predicted octanol–water partition coefficient (Wildman–Crippen LogP) is 2.82. The van der Waals surface area contributed by atoms with Crippen LogP contribution in [0.15, 0.2) is 18.2 Å². The highest BCUT2D eigenvalue weighted by Gasteiger charge is 2.09. The Morgan fingerprint density at radius 1 is 1.29 bits per heavy atom. The van der Waals surface area contributed by atoms with E-state index in [0.29, 0.717) is 0 Å². The van der Waals surface area contributed by atoms with Gasteiger partial charge < -0.3 is 10.1 Å². The smallest absolute Gasteiger partial charge is 0.148 e. The third-order valence-corrected chi connectivity index (χ3v) is 4.13. The minimum Gasteiger partial charge on any atom is -0.383 e. The van der Waals surface area contributed by atoms with Crippen molar-refractivity contribution in [2.45, 2.75) is 19.8 Å². The van der Waals surface area contributed by atoms with Gasteiger partial charge in [-0.2, -0.15) is 0 Å². The molecule has 0 atom stereocenters. The Kier molecular flexibility index (Phi) is 6.22. The summed E-state index contributed by atoms with van der Waals surface area (Å²) in [6.07, 6.45) is 1.92. The van der Waals surface area contributed by atoms with Crippen LogP contribution in [-0.2, 0) is 11.2 Å². The Morgan fingerprint density at radius 3 is 2.90 bits per heavy atom. The first-order valence-electron chi connectivity index (χ1n) is 6.99. The van der Waals surface area contributed by atoms with Crippen LogP contribution in [0.4, 0.5) is 4.39 Å². The molecule has 0 bridgehead atoms. The second-order valence-corrected chi connectivity index (χ2v) is 5.87. The third kappa shape index (κ3) is 4.84. The van der Waals surface area contributed by atoms with E-state index < -0.39 is 0 Å². The third-order valence-electron chi connectivity index (χ3n) is 3.11. The molecule has 21 heavy (non-hydrogen) atoms. The molecule has 2 rings (SSSR count). The Labute approximate surface area is 128 Å². The van der Waals surface area contributed by atoms with Gasteiger partial charge in [0.25, 0.3) is 0 Å². The summed E-state index contributed by atoms with van der Waals surface area (Å²) in [5.41, 5.74) is 1.84. The zero-order valence-corrected chi connectivity index (χ0v) is 13.2. The number of hydrogen-bond donors (Lipinski definition) is 1. The van der Waals surface area contributed by atoms with Crippen LogP contribution in [0.1, 0.15) is 17.0 Å². The van der Waals surface area contributed by atoms with Crippen LogP contribution in [0.2, 0.25) is 0 Å². The van der Waals surface area contributed by atoms with E-state index >= 15 is 0 Å². The monoisotopic (exact) mass is 309 g/mol. The van der Waals surface area contributed by atoms with Gasteiger partial charge in [-0.1, -0.05) is 11.3 Å². The quantitative estimate of drug-likeness (QED) is 0.762. The predicted molar refractivity (Wildman–Crippen MR) is 83.1 cm³/mol. The van der Waals surface area contributed by atoms with Crippen molar-refractivity contribution in [1.82, 2.24) is 15.5 Å². The molecule has 0 saturated carbocycles. The standard InChI is InChI=1S/C15H20FN3OS/c1-11-10-12(16)5-6-13(11)15-19-18-14(21-15)4-3-7-17-8-9-20-2/h5-6,10,17H,3-4,7-9H2,1-2H3. The summed E-state index contributed by atoms with van der Waals surface area (Å²) in [6.45, 7) is 4.42. The largest absolute Gasteiger partial charge is 0.383 e. The molecule has 0 unspecified atom stereocenters. The van der Waals surface area contributed by atoms with Crippen molar-refractivity contribution >= 4 is 11.3 Å². The molecular formula is C15H20FN3OS. The second-order valence-electron chi connectivity index (χ2n) is 4.81. The lowest BCUT2D eigenvalue weighted by molar-refractivity contribution is 0.199. The van der Waals surface area contributed by atoms with Crippen LogP contribution in [0.3, 0.4) is 0 Å². The molecule has 6 heteroatoms. The number of aromatic nitrogens is 2. The molecule has 0 aliphatic heterocycles. The summed E-state index contributed by atoms with van der Waals surface area (Å²) in [5, 5.41) is 13.6. The number of methoxy groups -OCH3 is 1. The van der Waals surface area contributed by atoms with Gasteiger partial charge in [0.1, 0.15) is 15.8 Å². The molecule has 4 nitrogen and oxygen atoms in total. The van der Waals surface area contributed by atoms with Crippen molar-refractivity contribution in [1.29, 1.82) is 0 Å². The number of ether oxygens (including phenoxy) is 1. The van der Waals surface area contributed by atoms with Crippen LogP contribution >= 0.6 is 11.3 Å². The number of aryl methyl sites for hydroxylation is 2. The van der Waals surface area contributed by atoms with Gasteiger partial charge in [-0.15, -0.1) is 10.2 Å². The van der Waals surface area contributed by atoms with Gasteiger partial charge in [0.15, 0.2) is 0 Å². The van der Waals surface area contributed by atoms with Crippen molar-refractivity contribution in [2.24, 2.45) is 0 Å². The van der Waals surface area contributed by atoms with Crippen LogP contribution in [0, 0.1) is 12.7 Å². The first kappa shape index (κ1) is 16.0. The highest BCUT2D eigenvalue weighted by Crippen LogP contribution is 2.27. The summed E-state index contributed by atoms with van der Waals surface area (Å²) in [7, 11) is 1.70. The Bertz CT molecular complexity index is 574. The van der Waals surface area contributed by atoms with E-state index in [0.717, 1.165) is 53.7 Å². The fraction of sp³-hybridized carbons (Fsp3) is 0.467. The Morgan fingerprint density at radius 2 is 2.14 bits per heavy atom. The topological polar surface area (TPSA) is 47.0 Å². The molecule has 2 aromatic rings. The molecule has 0 radical (unpaired) electrons. The van der Waals surface area contributed by atoms with Gasteiger partial charge in [-0.3, -0.25) is 0 Å². The van der Waals surface area contributed by atoms with Crippen LogP contribution in [0.25, 0.3) is 10.6 Å². The van der Waals surface area contributed by atoms with E-state index in [1.54, 1.807) is 24.5 Å². The van der Waals surface area contributed by atoms with Gasteiger partial charge in [0.2, 0.25) is 0 Å². The molecule has 0 aliphatic carbocycles. The maximum atomic E-state index is 13.1. The molecule has 0 spiro atoms. The molecule has 1 aromatic carbocycles. The lowest BCUT2D eigenvalue weighted by Gasteiger charge is -2.02. The first-order chi connectivity index (χ1) is 10.2. The zero-order valence-electron chi connectivity index (χ0n) is 12.4. The summed E-state index contributed by atoms with van der Waals surface area (Å²) in [4.78, 5) is 0. The Hall–Kier alpha value is -1.37. The number of benzene rings is 1. The molecule has 0 saturated heterocycles. The molecule has 1 heterocycles. The van der Waals surface area contributed by atoms with Crippen molar-refractivity contribution in [2.75, 3.05) is 26.8 Å². The van der Waals surface area contributed by atoms with Gasteiger partial charge in [-0.25, -0.2) is 4.39 Å². The fourth-order valence-electron chi connectivity index (χ4n) is 1.99. The number of rotatable bonds is 8. The van der Waals surface area contributed by atoms with E-state index in [2.05, 4.69) is 15.5 Å². The molecule has 0 aliphatic rings. The number of halogens is 1. The second kappa shape index (κ2) is 8.17. The summed E-state index contributed by atoms with van der Waals surface area (Å²) < 4.78 is 18.1. The molecule has 114 valence electrons. The lowest BCUT2D eigenvalue weighted by atomic mass is 10.1. The molecule has 0 fully saturated rings. The average Bonchev–Trinajstić information content (AvgIpc) is 2.91. The van der Waals surface area contributed by atoms with Crippen LogP contribution < -0.4 is 5.32 Å². The normalized spacial score (nSPS) is 11.0. The Balaban J connectivity index is 1.86. The molecule has 0 amide bonds. The van der Waals surface area contributed by atoms with Crippen molar-refractivity contribution in [3.63, 3.8) is 0 Å². The van der Waals surface area contributed by atoms with E-state index in [1.807, 2.05) is 6.92 Å². The van der Waals surface area contributed by atoms with Crippen LogP contribution in [-0.4, -0.2) is 37.0 Å². The number of nitrogens with one attached hydrogen (secondary N) is 1. The SMILES string of the molecule is COCCNCCCc1nnc(-c2ccc(F)cc2C)s1. The summed E-state index contributed by atoms with van der Waals surface area (Å²) in [6, 6.07) is 4.75. The zero-order chi connectivity index (χ0) is 15.1. The average molecular weight is 309 g/mol. The van der Waals surface area contributed by atoms with Gasteiger partial charge in [0, 0.05) is 25.6 Å². The first-order valence-corrected chi connectivity index (χ1v) is 7.81. The minimum absolute atomic E-state index is 0.219. The summed E-state index contributed by atoms with van der Waals surface area (Å²) in [5.74, 6) is -0.219. The maximum absolute atomic E-state index is 13.1. The van der Waals surface area contributed by atoms with Gasteiger partial charge in [0.05, 0.1) is 6.61 Å². The van der Waals surface area contributed by atoms with E-state index in [9.17, 15) is 4.39 Å². The van der Waals surface area contributed by atoms with E-state index in [4.69, 9.17) is 4.74 Å². The van der Waals surface area contributed by atoms with Gasteiger partial charge in [-0.05, 0) is 43.7 Å². The molecule has 1 N–H and O–H groups in total. The van der Waals surface area contributed by atoms with Crippen molar-refractivity contribution < 1.29 is 9.13 Å². The molecular weight excluding hydrogens is 289 g/mol. The van der Waals surface area contributed by atoms with Crippen LogP contribution in [0.5, 0.6) is 0 Å². The van der Waals surface area contributed by atoms with Crippen molar-refractivity contribution in [3.8, 4) is 10.6 Å². The maximum Gasteiger partial charge on any atom is 0.148 e. The number of nitrogens with zero attached hydrogens (tertiary/aromatic N) is 2. The van der Waals surface area contributed by atoms with E-state index in [1.165, 1.54) is 12.1 Å². The van der Waals surface area contributed by atoms with E-state index in [-0.39, 0.29) is 5.82 Å². The minimum atomic E-state index is -0.219. The molecule has 1 aromatic heterocycles. The number of hydrogen-bond acceptors (Lipinski definition) is 5. The fourth-order valence-corrected chi connectivity index (χ4v) is 2.97. The highest BCUT2D eigenvalue weighted by molar-refractivity contribution is 7.14. The van der Waals surface area contributed by atoms with Crippen molar-refractivity contribution in [3.05, 3.63) is 34.6 Å². The lowest BCUT2D eigenvalue weighted by Crippen LogP contribution is -2.20.